The van der Waals surface area contributed by atoms with Gasteiger partial charge in [0.05, 0.1) is 6.20 Å². The molecule has 15 heavy (non-hydrogen) atoms. The van der Waals surface area contributed by atoms with Crippen LogP contribution >= 0.6 is 0 Å². The first-order chi connectivity index (χ1) is 7.18. The van der Waals surface area contributed by atoms with Gasteiger partial charge in [-0.3, -0.25) is 4.98 Å². The SMILES string of the molecule is Cc1ccc(OC2(C)CCNCC2)cn1. The molecule has 2 heterocycles. The summed E-state index contributed by atoms with van der Waals surface area (Å²) in [4.78, 5) is 4.24. The fourth-order valence-electron chi connectivity index (χ4n) is 1.86. The average molecular weight is 206 g/mol. The van der Waals surface area contributed by atoms with Crippen LogP contribution in [0.3, 0.4) is 0 Å². The zero-order chi connectivity index (χ0) is 10.7. The van der Waals surface area contributed by atoms with Crippen molar-refractivity contribution >= 4 is 0 Å². The summed E-state index contributed by atoms with van der Waals surface area (Å²) in [6, 6.07) is 3.98. The Morgan fingerprint density at radius 2 is 2.07 bits per heavy atom. The predicted octanol–water partition coefficient (Wildman–Crippen LogP) is 1.91. The number of rotatable bonds is 2. The molecule has 1 aliphatic rings. The van der Waals surface area contributed by atoms with E-state index in [-0.39, 0.29) is 5.60 Å². The maximum absolute atomic E-state index is 6.00. The molecule has 1 aromatic rings. The number of aryl methyl sites for hydroxylation is 1. The molecule has 0 radical (unpaired) electrons. The van der Waals surface area contributed by atoms with Crippen LogP contribution in [-0.2, 0) is 0 Å². The Morgan fingerprint density at radius 3 is 2.67 bits per heavy atom. The van der Waals surface area contributed by atoms with Gasteiger partial charge in [0.25, 0.3) is 0 Å². The van der Waals surface area contributed by atoms with Crippen LogP contribution in [0.1, 0.15) is 25.5 Å². The lowest BCUT2D eigenvalue weighted by molar-refractivity contribution is 0.0552. The third-order valence-electron chi connectivity index (χ3n) is 2.91. The number of pyridine rings is 1. The maximum Gasteiger partial charge on any atom is 0.138 e. The van der Waals surface area contributed by atoms with E-state index in [1.54, 1.807) is 0 Å². The normalized spacial score (nSPS) is 19.9. The van der Waals surface area contributed by atoms with Gasteiger partial charge < -0.3 is 10.1 Å². The summed E-state index contributed by atoms with van der Waals surface area (Å²) >= 11 is 0. The summed E-state index contributed by atoms with van der Waals surface area (Å²) in [7, 11) is 0. The molecule has 0 aliphatic carbocycles. The lowest BCUT2D eigenvalue weighted by Crippen LogP contribution is -2.43. The minimum Gasteiger partial charge on any atom is -0.486 e. The molecule has 0 spiro atoms. The first-order valence-electron chi connectivity index (χ1n) is 5.50. The van der Waals surface area contributed by atoms with Gasteiger partial charge in [-0.2, -0.15) is 0 Å². The molecule has 3 heteroatoms. The first-order valence-corrected chi connectivity index (χ1v) is 5.50. The Balaban J connectivity index is 2.03. The zero-order valence-corrected chi connectivity index (χ0v) is 9.42. The largest absolute Gasteiger partial charge is 0.486 e. The second-order valence-corrected chi connectivity index (χ2v) is 4.44. The lowest BCUT2D eigenvalue weighted by atomic mass is 9.94. The lowest BCUT2D eigenvalue weighted by Gasteiger charge is -2.34. The van der Waals surface area contributed by atoms with E-state index in [0.717, 1.165) is 37.4 Å². The highest BCUT2D eigenvalue weighted by atomic mass is 16.5. The molecule has 3 nitrogen and oxygen atoms in total. The van der Waals surface area contributed by atoms with Crippen LogP contribution in [0.2, 0.25) is 0 Å². The van der Waals surface area contributed by atoms with Crippen LogP contribution in [-0.4, -0.2) is 23.7 Å². The molecule has 1 fully saturated rings. The Hall–Kier alpha value is -1.09. The summed E-state index contributed by atoms with van der Waals surface area (Å²) < 4.78 is 6.00. The monoisotopic (exact) mass is 206 g/mol. The van der Waals surface area contributed by atoms with E-state index in [1.807, 2.05) is 25.3 Å². The Morgan fingerprint density at radius 1 is 1.33 bits per heavy atom. The number of piperidine rings is 1. The second kappa shape index (κ2) is 4.19. The highest BCUT2D eigenvalue weighted by molar-refractivity contribution is 5.20. The van der Waals surface area contributed by atoms with E-state index in [1.165, 1.54) is 0 Å². The van der Waals surface area contributed by atoms with E-state index in [0.29, 0.717) is 0 Å². The molecule has 0 bridgehead atoms. The second-order valence-electron chi connectivity index (χ2n) is 4.44. The topological polar surface area (TPSA) is 34.1 Å². The summed E-state index contributed by atoms with van der Waals surface area (Å²) in [6.45, 7) is 6.23. The van der Waals surface area contributed by atoms with E-state index >= 15 is 0 Å². The number of nitrogens with one attached hydrogen (secondary N) is 1. The van der Waals surface area contributed by atoms with Crippen molar-refractivity contribution in [3.63, 3.8) is 0 Å². The molecule has 82 valence electrons. The quantitative estimate of drug-likeness (QED) is 0.802. The third kappa shape index (κ3) is 2.69. The summed E-state index contributed by atoms with van der Waals surface area (Å²) in [6.07, 6.45) is 3.92. The highest BCUT2D eigenvalue weighted by Crippen LogP contribution is 2.25. The summed E-state index contributed by atoms with van der Waals surface area (Å²) in [5, 5.41) is 3.34. The van der Waals surface area contributed by atoms with Crippen molar-refractivity contribution in [1.82, 2.24) is 10.3 Å². The number of hydrogen-bond donors (Lipinski definition) is 1. The number of hydrogen-bond acceptors (Lipinski definition) is 3. The molecule has 1 N–H and O–H groups in total. The van der Waals surface area contributed by atoms with Crippen LogP contribution < -0.4 is 10.1 Å². The van der Waals surface area contributed by atoms with Crippen molar-refractivity contribution in [3.05, 3.63) is 24.0 Å². The fourth-order valence-corrected chi connectivity index (χ4v) is 1.86. The number of nitrogens with zero attached hydrogens (tertiary/aromatic N) is 1. The minimum atomic E-state index is -0.0256. The Kier molecular flexibility index (Phi) is 2.91. The zero-order valence-electron chi connectivity index (χ0n) is 9.42. The van der Waals surface area contributed by atoms with E-state index in [4.69, 9.17) is 4.74 Å². The molecule has 0 aromatic carbocycles. The molecular weight excluding hydrogens is 188 g/mol. The minimum absolute atomic E-state index is 0.0256. The highest BCUT2D eigenvalue weighted by Gasteiger charge is 2.28. The van der Waals surface area contributed by atoms with Gasteiger partial charge in [-0.05, 0) is 51.9 Å². The van der Waals surface area contributed by atoms with E-state index in [9.17, 15) is 0 Å². The molecule has 0 amide bonds. The molecule has 1 aliphatic heterocycles. The van der Waals surface area contributed by atoms with Crippen molar-refractivity contribution < 1.29 is 4.74 Å². The standard InChI is InChI=1S/C12H18N2O/c1-10-3-4-11(9-14-10)15-12(2)5-7-13-8-6-12/h3-4,9,13H,5-8H2,1-2H3. The molecule has 1 aromatic heterocycles. The Labute approximate surface area is 90.9 Å². The van der Waals surface area contributed by atoms with Gasteiger partial charge in [0.2, 0.25) is 0 Å². The molecule has 2 rings (SSSR count). The van der Waals surface area contributed by atoms with Crippen LogP contribution in [0, 0.1) is 6.92 Å². The fraction of sp³-hybridized carbons (Fsp3) is 0.583. The maximum atomic E-state index is 6.00. The summed E-state index contributed by atoms with van der Waals surface area (Å²) in [5.41, 5.74) is 1.00. The number of ether oxygens (including phenoxy) is 1. The van der Waals surface area contributed by atoms with Crippen molar-refractivity contribution in [3.8, 4) is 5.75 Å². The van der Waals surface area contributed by atoms with E-state index in [2.05, 4.69) is 17.2 Å². The predicted molar refractivity (Wildman–Crippen MR) is 60.1 cm³/mol. The first kappa shape index (κ1) is 10.4. The van der Waals surface area contributed by atoms with Gasteiger partial charge in [-0.1, -0.05) is 0 Å². The van der Waals surface area contributed by atoms with Gasteiger partial charge in [-0.15, -0.1) is 0 Å². The molecule has 0 unspecified atom stereocenters. The van der Waals surface area contributed by atoms with Gasteiger partial charge in [-0.25, -0.2) is 0 Å². The van der Waals surface area contributed by atoms with Crippen molar-refractivity contribution in [2.75, 3.05) is 13.1 Å². The van der Waals surface area contributed by atoms with Crippen molar-refractivity contribution in [2.24, 2.45) is 0 Å². The van der Waals surface area contributed by atoms with Gasteiger partial charge in [0.15, 0.2) is 0 Å². The summed E-state index contributed by atoms with van der Waals surface area (Å²) in [5.74, 6) is 0.880. The van der Waals surface area contributed by atoms with Crippen molar-refractivity contribution in [2.45, 2.75) is 32.3 Å². The third-order valence-corrected chi connectivity index (χ3v) is 2.91. The molecule has 0 saturated carbocycles. The number of aromatic nitrogens is 1. The van der Waals surface area contributed by atoms with E-state index < -0.39 is 0 Å². The van der Waals surface area contributed by atoms with Crippen molar-refractivity contribution in [1.29, 1.82) is 0 Å². The molecule has 1 saturated heterocycles. The Bertz CT molecular complexity index is 315. The molecule has 0 atom stereocenters. The molecular formula is C12H18N2O. The van der Waals surface area contributed by atoms with Crippen LogP contribution in [0.15, 0.2) is 18.3 Å². The smallest absolute Gasteiger partial charge is 0.138 e. The van der Waals surface area contributed by atoms with Gasteiger partial charge in [0.1, 0.15) is 11.4 Å². The van der Waals surface area contributed by atoms with Crippen LogP contribution in [0.25, 0.3) is 0 Å². The van der Waals surface area contributed by atoms with Crippen LogP contribution in [0.5, 0.6) is 5.75 Å². The van der Waals surface area contributed by atoms with Gasteiger partial charge >= 0.3 is 0 Å². The van der Waals surface area contributed by atoms with Crippen LogP contribution in [0.4, 0.5) is 0 Å². The van der Waals surface area contributed by atoms with Gasteiger partial charge in [0, 0.05) is 5.69 Å². The average Bonchev–Trinajstić information content (AvgIpc) is 2.22.